The molecule has 0 aliphatic carbocycles. The van der Waals surface area contributed by atoms with Crippen molar-refractivity contribution in [3.05, 3.63) is 59.7 Å². The van der Waals surface area contributed by atoms with Crippen molar-refractivity contribution >= 4 is 11.6 Å². The molecule has 0 aliphatic rings. The summed E-state index contributed by atoms with van der Waals surface area (Å²) in [4.78, 5) is 0. The van der Waals surface area contributed by atoms with E-state index in [1.807, 2.05) is 37.3 Å². The SMILES string of the molecule is C/C(=C\c1ccc(O)cc1)c1cccc(O)c1. The molecule has 0 saturated carbocycles. The van der Waals surface area contributed by atoms with Crippen molar-refractivity contribution in [1.29, 1.82) is 0 Å². The molecule has 0 amide bonds. The van der Waals surface area contributed by atoms with E-state index in [4.69, 9.17) is 0 Å². The van der Waals surface area contributed by atoms with Crippen LogP contribution in [0.5, 0.6) is 11.5 Å². The van der Waals surface area contributed by atoms with Gasteiger partial charge in [-0.15, -0.1) is 0 Å². The highest BCUT2D eigenvalue weighted by Crippen LogP contribution is 2.21. The molecule has 0 spiro atoms. The third kappa shape index (κ3) is 2.88. The van der Waals surface area contributed by atoms with Gasteiger partial charge in [-0.2, -0.15) is 0 Å². The smallest absolute Gasteiger partial charge is 0.116 e. The predicted molar refractivity (Wildman–Crippen MR) is 69.8 cm³/mol. The molecule has 2 aromatic carbocycles. The van der Waals surface area contributed by atoms with Gasteiger partial charge < -0.3 is 10.2 Å². The van der Waals surface area contributed by atoms with Crippen LogP contribution >= 0.6 is 0 Å². The van der Waals surface area contributed by atoms with Gasteiger partial charge in [0, 0.05) is 0 Å². The maximum Gasteiger partial charge on any atom is 0.116 e. The molecule has 2 rings (SSSR count). The summed E-state index contributed by atoms with van der Waals surface area (Å²) in [6.07, 6.45) is 2.01. The number of phenols is 2. The first-order chi connectivity index (χ1) is 8.15. The van der Waals surface area contributed by atoms with E-state index < -0.39 is 0 Å². The minimum Gasteiger partial charge on any atom is -0.508 e. The lowest BCUT2D eigenvalue weighted by molar-refractivity contribution is 0.474. The summed E-state index contributed by atoms with van der Waals surface area (Å²) in [5, 5.41) is 18.6. The Bertz CT molecular complexity index is 539. The number of hydrogen-bond donors (Lipinski definition) is 2. The van der Waals surface area contributed by atoms with Gasteiger partial charge in [-0.1, -0.05) is 30.3 Å². The summed E-state index contributed by atoms with van der Waals surface area (Å²) >= 11 is 0. The van der Waals surface area contributed by atoms with Gasteiger partial charge in [-0.3, -0.25) is 0 Å². The van der Waals surface area contributed by atoms with E-state index in [9.17, 15) is 10.2 Å². The van der Waals surface area contributed by atoms with Crippen molar-refractivity contribution in [2.45, 2.75) is 6.92 Å². The molecule has 2 nitrogen and oxygen atoms in total. The molecule has 0 aromatic heterocycles. The quantitative estimate of drug-likeness (QED) is 0.767. The molecule has 0 bridgehead atoms. The first-order valence-corrected chi connectivity index (χ1v) is 5.42. The zero-order valence-corrected chi connectivity index (χ0v) is 9.59. The van der Waals surface area contributed by atoms with Crippen molar-refractivity contribution in [3.8, 4) is 11.5 Å². The van der Waals surface area contributed by atoms with Crippen molar-refractivity contribution in [2.75, 3.05) is 0 Å². The molecule has 86 valence electrons. The van der Waals surface area contributed by atoms with Gasteiger partial charge in [0.25, 0.3) is 0 Å². The Morgan fingerprint density at radius 1 is 0.941 bits per heavy atom. The van der Waals surface area contributed by atoms with Crippen LogP contribution in [0.4, 0.5) is 0 Å². The maximum absolute atomic E-state index is 9.40. The lowest BCUT2D eigenvalue weighted by Crippen LogP contribution is -1.79. The van der Waals surface area contributed by atoms with Gasteiger partial charge in [0.15, 0.2) is 0 Å². The third-order valence-electron chi connectivity index (χ3n) is 2.58. The maximum atomic E-state index is 9.40. The highest BCUT2D eigenvalue weighted by molar-refractivity contribution is 5.80. The second kappa shape index (κ2) is 4.74. The molecular weight excluding hydrogens is 212 g/mol. The van der Waals surface area contributed by atoms with Crippen LogP contribution < -0.4 is 0 Å². The first-order valence-electron chi connectivity index (χ1n) is 5.42. The second-order valence-electron chi connectivity index (χ2n) is 3.97. The van der Waals surface area contributed by atoms with Gasteiger partial charge in [-0.25, -0.2) is 0 Å². The normalized spacial score (nSPS) is 11.5. The Morgan fingerprint density at radius 2 is 1.65 bits per heavy atom. The number of benzene rings is 2. The predicted octanol–water partition coefficient (Wildman–Crippen LogP) is 3.66. The molecule has 0 radical (unpaired) electrons. The summed E-state index contributed by atoms with van der Waals surface area (Å²) in [5.41, 5.74) is 3.06. The zero-order chi connectivity index (χ0) is 12.3. The van der Waals surface area contributed by atoms with Crippen LogP contribution in [0.15, 0.2) is 48.5 Å². The molecular formula is C15H14O2. The molecule has 0 unspecified atom stereocenters. The molecule has 0 saturated heterocycles. The minimum atomic E-state index is 0.261. The van der Waals surface area contributed by atoms with Crippen LogP contribution in [-0.4, -0.2) is 10.2 Å². The van der Waals surface area contributed by atoms with Crippen LogP contribution in [-0.2, 0) is 0 Å². The largest absolute Gasteiger partial charge is 0.508 e. The summed E-state index contributed by atoms with van der Waals surface area (Å²) in [5.74, 6) is 0.526. The lowest BCUT2D eigenvalue weighted by atomic mass is 10.0. The topological polar surface area (TPSA) is 40.5 Å². The highest BCUT2D eigenvalue weighted by atomic mass is 16.3. The Labute approximate surface area is 100 Å². The van der Waals surface area contributed by atoms with Crippen LogP contribution in [0.25, 0.3) is 11.6 Å². The Hall–Kier alpha value is -2.22. The molecule has 2 heteroatoms. The summed E-state index contributed by atoms with van der Waals surface area (Å²) < 4.78 is 0. The van der Waals surface area contributed by atoms with E-state index in [-0.39, 0.29) is 11.5 Å². The van der Waals surface area contributed by atoms with Crippen molar-refractivity contribution in [1.82, 2.24) is 0 Å². The molecule has 0 aliphatic heterocycles. The molecule has 2 N–H and O–H groups in total. The second-order valence-corrected chi connectivity index (χ2v) is 3.97. The van der Waals surface area contributed by atoms with E-state index in [0.29, 0.717) is 0 Å². The Morgan fingerprint density at radius 3 is 2.29 bits per heavy atom. The number of allylic oxidation sites excluding steroid dienone is 1. The van der Waals surface area contributed by atoms with E-state index in [2.05, 4.69) is 0 Å². The Kier molecular flexibility index (Phi) is 3.15. The van der Waals surface area contributed by atoms with Crippen LogP contribution in [0, 0.1) is 0 Å². The fraction of sp³-hybridized carbons (Fsp3) is 0.0667. The van der Waals surface area contributed by atoms with Crippen molar-refractivity contribution < 1.29 is 10.2 Å². The summed E-state index contributed by atoms with van der Waals surface area (Å²) in [6, 6.07) is 14.2. The number of rotatable bonds is 2. The standard InChI is InChI=1S/C15H14O2/c1-11(13-3-2-4-15(17)10-13)9-12-5-7-14(16)8-6-12/h2-10,16-17H,1H3/b11-9+. The fourth-order valence-electron chi connectivity index (χ4n) is 1.66. The molecule has 0 fully saturated rings. The number of hydrogen-bond acceptors (Lipinski definition) is 2. The Balaban J connectivity index is 2.30. The highest BCUT2D eigenvalue weighted by Gasteiger charge is 1.97. The molecule has 0 atom stereocenters. The van der Waals surface area contributed by atoms with Crippen LogP contribution in [0.1, 0.15) is 18.1 Å². The molecule has 2 aromatic rings. The molecule has 17 heavy (non-hydrogen) atoms. The van der Waals surface area contributed by atoms with Gasteiger partial charge in [0.05, 0.1) is 0 Å². The van der Waals surface area contributed by atoms with Gasteiger partial charge >= 0.3 is 0 Å². The van der Waals surface area contributed by atoms with Gasteiger partial charge in [0.2, 0.25) is 0 Å². The number of aromatic hydroxyl groups is 2. The van der Waals surface area contributed by atoms with E-state index in [0.717, 1.165) is 16.7 Å². The van der Waals surface area contributed by atoms with E-state index >= 15 is 0 Å². The zero-order valence-electron chi connectivity index (χ0n) is 9.59. The minimum absolute atomic E-state index is 0.261. The average Bonchev–Trinajstić information content (AvgIpc) is 2.32. The van der Waals surface area contributed by atoms with E-state index in [1.165, 1.54) is 0 Å². The lowest BCUT2D eigenvalue weighted by Gasteiger charge is -2.03. The molecule has 0 heterocycles. The first kappa shape index (κ1) is 11.3. The van der Waals surface area contributed by atoms with Crippen LogP contribution in [0.2, 0.25) is 0 Å². The van der Waals surface area contributed by atoms with Gasteiger partial charge in [0.1, 0.15) is 11.5 Å². The van der Waals surface area contributed by atoms with Crippen molar-refractivity contribution in [2.24, 2.45) is 0 Å². The number of phenolic OH excluding ortho intramolecular Hbond substituents is 2. The fourth-order valence-corrected chi connectivity index (χ4v) is 1.66. The van der Waals surface area contributed by atoms with Crippen molar-refractivity contribution in [3.63, 3.8) is 0 Å². The average molecular weight is 226 g/mol. The summed E-state index contributed by atoms with van der Waals surface area (Å²) in [6.45, 7) is 1.99. The monoisotopic (exact) mass is 226 g/mol. The van der Waals surface area contributed by atoms with Gasteiger partial charge in [-0.05, 0) is 47.9 Å². The third-order valence-corrected chi connectivity index (χ3v) is 2.58. The summed E-state index contributed by atoms with van der Waals surface area (Å²) in [7, 11) is 0. The van der Waals surface area contributed by atoms with Crippen LogP contribution in [0.3, 0.4) is 0 Å². The van der Waals surface area contributed by atoms with E-state index in [1.54, 1.807) is 24.3 Å².